The van der Waals surface area contributed by atoms with Gasteiger partial charge in [0.25, 0.3) is 0 Å². The van der Waals surface area contributed by atoms with Crippen molar-refractivity contribution in [3.05, 3.63) is 29.3 Å². The number of sulfonamides is 1. The molecule has 3 N–H and O–H groups in total. The van der Waals surface area contributed by atoms with Gasteiger partial charge in [-0.25, -0.2) is 17.9 Å². The highest BCUT2D eigenvalue weighted by Crippen LogP contribution is 2.23. The first-order chi connectivity index (χ1) is 9.67. The molecule has 0 aliphatic rings. The number of carboxylic acids is 1. The molecular formula is C14H21NO5S. The van der Waals surface area contributed by atoms with Crippen molar-refractivity contribution in [1.29, 1.82) is 0 Å². The van der Waals surface area contributed by atoms with E-state index in [1.165, 1.54) is 25.1 Å². The fraction of sp³-hybridized carbons (Fsp3) is 0.500. The number of benzene rings is 1. The van der Waals surface area contributed by atoms with Gasteiger partial charge in [0.2, 0.25) is 10.0 Å². The quantitative estimate of drug-likeness (QED) is 0.708. The lowest BCUT2D eigenvalue weighted by Crippen LogP contribution is -2.46. The molecule has 7 heteroatoms. The lowest BCUT2D eigenvalue weighted by Gasteiger charge is -2.29. The van der Waals surface area contributed by atoms with Crippen molar-refractivity contribution in [1.82, 2.24) is 4.72 Å². The minimum Gasteiger partial charge on any atom is -0.478 e. The molecule has 0 amide bonds. The van der Waals surface area contributed by atoms with E-state index in [9.17, 15) is 13.2 Å². The van der Waals surface area contributed by atoms with Gasteiger partial charge in [0.15, 0.2) is 0 Å². The van der Waals surface area contributed by atoms with Crippen molar-refractivity contribution in [2.24, 2.45) is 0 Å². The van der Waals surface area contributed by atoms with Gasteiger partial charge in [0.05, 0.1) is 10.5 Å². The highest BCUT2D eigenvalue weighted by atomic mass is 32.2. The number of carbonyl (C=O) groups is 1. The van der Waals surface area contributed by atoms with Crippen molar-refractivity contribution in [2.75, 3.05) is 6.61 Å². The first kappa shape index (κ1) is 17.6. The zero-order chi connectivity index (χ0) is 16.3. The maximum atomic E-state index is 12.5. The largest absolute Gasteiger partial charge is 0.478 e. The van der Waals surface area contributed by atoms with Gasteiger partial charge in [0.1, 0.15) is 0 Å². The van der Waals surface area contributed by atoms with E-state index in [0.29, 0.717) is 6.42 Å². The second-order valence-electron chi connectivity index (χ2n) is 5.23. The van der Waals surface area contributed by atoms with Crippen molar-refractivity contribution >= 4 is 16.0 Å². The molecule has 1 aromatic rings. The molecule has 0 heterocycles. The van der Waals surface area contributed by atoms with Gasteiger partial charge >= 0.3 is 5.97 Å². The molecule has 0 bridgehead atoms. The molecule has 21 heavy (non-hydrogen) atoms. The van der Waals surface area contributed by atoms with Gasteiger partial charge in [-0.15, -0.1) is 0 Å². The molecule has 6 nitrogen and oxygen atoms in total. The summed E-state index contributed by atoms with van der Waals surface area (Å²) in [5.41, 5.74) is -0.627. The summed E-state index contributed by atoms with van der Waals surface area (Å²) < 4.78 is 27.5. The molecule has 1 aromatic carbocycles. The first-order valence-corrected chi connectivity index (χ1v) is 8.13. The van der Waals surface area contributed by atoms with E-state index in [4.69, 9.17) is 10.2 Å². The van der Waals surface area contributed by atoms with Crippen molar-refractivity contribution in [3.8, 4) is 0 Å². The lowest BCUT2D eigenvalue weighted by molar-refractivity contribution is 0.0696. The molecular weight excluding hydrogens is 294 g/mol. The van der Waals surface area contributed by atoms with Crippen LogP contribution in [0.15, 0.2) is 23.1 Å². The third-order valence-electron chi connectivity index (χ3n) is 3.63. The minimum absolute atomic E-state index is 0.0433. The zero-order valence-corrected chi connectivity index (χ0v) is 13.2. The average molecular weight is 315 g/mol. The average Bonchev–Trinajstić information content (AvgIpc) is 2.38. The Kier molecular flexibility index (Phi) is 5.49. The van der Waals surface area contributed by atoms with Gasteiger partial charge in [-0.2, -0.15) is 0 Å². The maximum Gasteiger partial charge on any atom is 0.335 e. The smallest absolute Gasteiger partial charge is 0.335 e. The summed E-state index contributed by atoms with van der Waals surface area (Å²) in [5, 5.41) is 18.1. The topological polar surface area (TPSA) is 104 Å². The first-order valence-electron chi connectivity index (χ1n) is 6.64. The molecule has 118 valence electrons. The molecule has 0 fully saturated rings. The number of nitrogens with one attached hydrogen (secondary N) is 1. The Morgan fingerprint density at radius 1 is 1.38 bits per heavy atom. The number of carboxylic acid groups (broad SMARTS) is 1. The summed E-state index contributed by atoms with van der Waals surface area (Å²) >= 11 is 0. The number of hydrogen-bond acceptors (Lipinski definition) is 4. The number of aliphatic hydroxyl groups is 1. The van der Waals surface area contributed by atoms with Crippen LogP contribution in [0.25, 0.3) is 0 Å². The van der Waals surface area contributed by atoms with Crippen LogP contribution in [0, 0.1) is 6.92 Å². The molecule has 0 aromatic heterocycles. The molecule has 0 aliphatic heterocycles. The SMILES string of the molecule is CCC(C)(CCO)NS(=O)(=O)c1cccc(C(=O)O)c1C. The van der Waals surface area contributed by atoms with Crippen molar-refractivity contribution in [3.63, 3.8) is 0 Å². The second kappa shape index (κ2) is 6.55. The Morgan fingerprint density at radius 3 is 2.48 bits per heavy atom. The minimum atomic E-state index is -3.86. The normalized spacial score (nSPS) is 14.7. The van der Waals surface area contributed by atoms with Gasteiger partial charge in [0, 0.05) is 12.1 Å². The predicted octanol–water partition coefficient (Wildman–Crippen LogP) is 1.52. The van der Waals surface area contributed by atoms with E-state index < -0.39 is 21.5 Å². The zero-order valence-electron chi connectivity index (χ0n) is 12.4. The van der Waals surface area contributed by atoms with Crippen LogP contribution < -0.4 is 4.72 Å². The highest BCUT2D eigenvalue weighted by molar-refractivity contribution is 7.89. The van der Waals surface area contributed by atoms with Crippen LogP contribution in [0.3, 0.4) is 0 Å². The van der Waals surface area contributed by atoms with E-state index in [0.717, 1.165) is 0 Å². The van der Waals surface area contributed by atoms with Crippen LogP contribution in [0.4, 0.5) is 0 Å². The fourth-order valence-electron chi connectivity index (χ4n) is 2.06. The molecule has 0 radical (unpaired) electrons. The molecule has 0 spiro atoms. The van der Waals surface area contributed by atoms with Crippen LogP contribution in [0.2, 0.25) is 0 Å². The van der Waals surface area contributed by atoms with E-state index >= 15 is 0 Å². The van der Waals surface area contributed by atoms with Crippen molar-refractivity contribution in [2.45, 2.75) is 44.0 Å². The molecule has 1 unspecified atom stereocenters. The molecule has 0 aliphatic carbocycles. The highest BCUT2D eigenvalue weighted by Gasteiger charge is 2.30. The Morgan fingerprint density at radius 2 is 2.00 bits per heavy atom. The van der Waals surface area contributed by atoms with E-state index in [2.05, 4.69) is 4.72 Å². The summed E-state index contributed by atoms with van der Waals surface area (Å²) in [5.74, 6) is -1.17. The number of hydrogen-bond donors (Lipinski definition) is 3. The lowest BCUT2D eigenvalue weighted by atomic mass is 9.97. The summed E-state index contributed by atoms with van der Waals surface area (Å²) in [4.78, 5) is 11.0. The van der Waals surface area contributed by atoms with Crippen LogP contribution in [-0.2, 0) is 10.0 Å². The molecule has 1 rings (SSSR count). The standard InChI is InChI=1S/C14H21NO5S/c1-4-14(3,8-9-16)15-21(19,20)12-7-5-6-11(10(12)2)13(17)18/h5-7,15-16H,4,8-9H2,1-3H3,(H,17,18). The number of rotatable bonds is 7. The van der Waals surface area contributed by atoms with Crippen LogP contribution >= 0.6 is 0 Å². The van der Waals surface area contributed by atoms with E-state index in [1.54, 1.807) is 6.92 Å². The van der Waals surface area contributed by atoms with Gasteiger partial charge in [-0.1, -0.05) is 13.0 Å². The monoisotopic (exact) mass is 315 g/mol. The summed E-state index contributed by atoms with van der Waals surface area (Å²) in [6, 6.07) is 4.14. The predicted molar refractivity (Wildman–Crippen MR) is 78.9 cm³/mol. The number of aromatic carboxylic acids is 1. The van der Waals surface area contributed by atoms with E-state index in [1.807, 2.05) is 6.92 Å². The Hall–Kier alpha value is -1.44. The summed E-state index contributed by atoms with van der Waals surface area (Å²) in [7, 11) is -3.86. The summed E-state index contributed by atoms with van der Waals surface area (Å²) in [6.07, 6.45) is 0.783. The van der Waals surface area contributed by atoms with Crippen LogP contribution in [0.1, 0.15) is 42.6 Å². The molecule has 0 saturated heterocycles. The van der Waals surface area contributed by atoms with Gasteiger partial charge < -0.3 is 10.2 Å². The fourth-order valence-corrected chi connectivity index (χ4v) is 3.84. The molecule has 0 saturated carbocycles. The second-order valence-corrected chi connectivity index (χ2v) is 6.88. The molecule has 1 atom stereocenters. The Bertz CT molecular complexity index is 626. The van der Waals surface area contributed by atoms with Crippen LogP contribution in [-0.4, -0.2) is 36.7 Å². The summed E-state index contributed by atoms with van der Waals surface area (Å²) in [6.45, 7) is 4.85. The van der Waals surface area contributed by atoms with Gasteiger partial charge in [-0.05, 0) is 44.4 Å². The third-order valence-corrected chi connectivity index (χ3v) is 5.41. The van der Waals surface area contributed by atoms with Crippen molar-refractivity contribution < 1.29 is 23.4 Å². The third kappa shape index (κ3) is 4.03. The van der Waals surface area contributed by atoms with Gasteiger partial charge in [-0.3, -0.25) is 0 Å². The van der Waals surface area contributed by atoms with E-state index in [-0.39, 0.29) is 29.1 Å². The Balaban J connectivity index is 3.26. The maximum absolute atomic E-state index is 12.5. The number of aliphatic hydroxyl groups excluding tert-OH is 1. The van der Waals surface area contributed by atoms with Crippen LogP contribution in [0.5, 0.6) is 0 Å². The Labute approximate surface area is 124 Å².